The Morgan fingerprint density at radius 3 is 2.47 bits per heavy atom. The third-order valence-electron chi connectivity index (χ3n) is 9.75. The Bertz CT molecular complexity index is 1070. The summed E-state index contributed by atoms with van der Waals surface area (Å²) in [4.78, 5) is 29.0. The molecule has 7 rings (SSSR count). The van der Waals surface area contributed by atoms with Gasteiger partial charge in [0.05, 0.1) is 31.6 Å². The predicted octanol–water partition coefficient (Wildman–Crippen LogP) is 2.39. The maximum absolute atomic E-state index is 13.8. The normalized spacial score (nSPS) is 36.2. The molecule has 8 nitrogen and oxygen atoms in total. The van der Waals surface area contributed by atoms with Crippen LogP contribution in [0.25, 0.3) is 0 Å². The summed E-state index contributed by atoms with van der Waals surface area (Å²) in [6.45, 7) is 0.862. The maximum Gasteiger partial charge on any atom is 0.247 e. The number of amides is 2. The Kier molecular flexibility index (Phi) is 6.99. The molecule has 8 heteroatoms. The minimum absolute atomic E-state index is 0.0630. The van der Waals surface area contributed by atoms with Crippen molar-refractivity contribution < 1.29 is 29.3 Å². The number of aliphatic hydroxyl groups is 2. The van der Waals surface area contributed by atoms with Gasteiger partial charge in [-0.25, -0.2) is 0 Å². The fraction of sp³-hybridized carbons (Fsp3) is 0.667. The first-order valence-electron chi connectivity index (χ1n) is 14.2. The highest BCUT2D eigenvalue weighted by molar-refractivity contribution is 5.96. The Labute approximate surface area is 224 Å². The second-order valence-corrected chi connectivity index (χ2v) is 12.4. The first kappa shape index (κ1) is 25.8. The van der Waals surface area contributed by atoms with Crippen molar-refractivity contribution in [1.29, 1.82) is 0 Å². The second kappa shape index (κ2) is 10.3. The molecule has 0 spiro atoms. The third kappa shape index (κ3) is 4.54. The van der Waals surface area contributed by atoms with E-state index in [0.717, 1.165) is 42.6 Å². The van der Waals surface area contributed by atoms with Crippen LogP contribution in [-0.2, 0) is 14.3 Å². The summed E-state index contributed by atoms with van der Waals surface area (Å²) >= 11 is 0. The number of nitrogens with one attached hydrogen (secondary N) is 1. The number of aliphatic hydroxyl groups excluding tert-OH is 2. The molecule has 3 N–H and O–H groups in total. The molecule has 4 bridgehead atoms. The number of nitrogens with zero attached hydrogens (tertiary/aromatic N) is 1. The average Bonchev–Trinajstić information content (AvgIpc) is 3.29. The number of hydrogen-bond acceptors (Lipinski definition) is 6. The van der Waals surface area contributed by atoms with E-state index in [9.17, 15) is 19.8 Å². The zero-order valence-corrected chi connectivity index (χ0v) is 22.2. The topological polar surface area (TPSA) is 108 Å². The van der Waals surface area contributed by atoms with E-state index in [2.05, 4.69) is 5.32 Å². The fourth-order valence-corrected chi connectivity index (χ4v) is 8.73. The van der Waals surface area contributed by atoms with Crippen LogP contribution in [0, 0.1) is 23.2 Å². The van der Waals surface area contributed by atoms with Crippen molar-refractivity contribution in [3.63, 3.8) is 0 Å². The van der Waals surface area contributed by atoms with Crippen LogP contribution in [0.15, 0.2) is 35.9 Å². The highest BCUT2D eigenvalue weighted by atomic mass is 16.5. The molecule has 6 aliphatic rings. The van der Waals surface area contributed by atoms with Crippen LogP contribution in [0.4, 0.5) is 0 Å². The molecule has 0 radical (unpaired) electrons. The standard InChI is InChI=1S/C30H40N2O6/c1-37-9-6-25(34)32(17-30-14-18-10-19(15-30)12-20(11-18)16-30)23-13-22(29(36)31-7-8-33)26-21-4-2-3-5-24(21)38-28(26)27(23)35/h2-5,13,18-20,23,26-28,33,35H,6-12,14-17H2,1H3,(H,31,36)/t18?,19?,20?,23-,26+,27+,28+,30?/m1/s1. The van der Waals surface area contributed by atoms with Crippen molar-refractivity contribution in [2.45, 2.75) is 69.1 Å². The lowest BCUT2D eigenvalue weighted by Crippen LogP contribution is -2.60. The minimum Gasteiger partial charge on any atom is -0.486 e. The Balaban J connectivity index is 1.36. The number of carbonyl (C=O) groups excluding carboxylic acids is 2. The largest absolute Gasteiger partial charge is 0.486 e. The van der Waals surface area contributed by atoms with E-state index in [-0.39, 0.29) is 36.8 Å². The number of rotatable bonds is 9. The molecule has 1 aliphatic heterocycles. The van der Waals surface area contributed by atoms with Crippen molar-refractivity contribution in [1.82, 2.24) is 10.2 Å². The van der Waals surface area contributed by atoms with E-state index >= 15 is 0 Å². The summed E-state index contributed by atoms with van der Waals surface area (Å²) in [5, 5.41) is 23.9. The zero-order chi connectivity index (χ0) is 26.4. The molecule has 1 aromatic carbocycles. The molecule has 4 fully saturated rings. The lowest BCUT2D eigenvalue weighted by molar-refractivity contribution is -0.146. The van der Waals surface area contributed by atoms with E-state index in [1.807, 2.05) is 29.2 Å². The summed E-state index contributed by atoms with van der Waals surface area (Å²) in [6, 6.07) is 6.88. The molecule has 38 heavy (non-hydrogen) atoms. The van der Waals surface area contributed by atoms with Crippen LogP contribution < -0.4 is 10.1 Å². The summed E-state index contributed by atoms with van der Waals surface area (Å²) in [6.07, 6.45) is 7.71. The van der Waals surface area contributed by atoms with Crippen LogP contribution in [0.1, 0.15) is 56.4 Å². The molecular weight excluding hydrogens is 484 g/mol. The number of hydrogen-bond donors (Lipinski definition) is 3. The van der Waals surface area contributed by atoms with Gasteiger partial charge in [-0.2, -0.15) is 0 Å². The zero-order valence-electron chi connectivity index (χ0n) is 22.2. The van der Waals surface area contributed by atoms with Gasteiger partial charge < -0.3 is 29.9 Å². The summed E-state index contributed by atoms with van der Waals surface area (Å²) < 4.78 is 11.5. The molecule has 0 unspecified atom stereocenters. The molecule has 4 atom stereocenters. The Hall–Kier alpha value is -2.42. The third-order valence-corrected chi connectivity index (χ3v) is 9.75. The van der Waals surface area contributed by atoms with Gasteiger partial charge in [0.2, 0.25) is 11.8 Å². The van der Waals surface area contributed by atoms with Crippen LogP contribution >= 0.6 is 0 Å². The number of carbonyl (C=O) groups is 2. The van der Waals surface area contributed by atoms with Gasteiger partial charge in [0, 0.05) is 31.3 Å². The first-order chi connectivity index (χ1) is 18.4. The van der Waals surface area contributed by atoms with Crippen molar-refractivity contribution >= 4 is 11.8 Å². The van der Waals surface area contributed by atoms with Crippen LogP contribution in [-0.4, -0.2) is 78.6 Å². The van der Waals surface area contributed by atoms with E-state index < -0.39 is 24.2 Å². The highest BCUT2D eigenvalue weighted by Crippen LogP contribution is 2.60. The van der Waals surface area contributed by atoms with E-state index in [0.29, 0.717) is 24.5 Å². The molecule has 1 heterocycles. The van der Waals surface area contributed by atoms with Crippen molar-refractivity contribution in [2.75, 3.05) is 33.4 Å². The highest BCUT2D eigenvalue weighted by Gasteiger charge is 2.55. The van der Waals surface area contributed by atoms with Gasteiger partial charge in [-0.15, -0.1) is 0 Å². The van der Waals surface area contributed by atoms with Gasteiger partial charge in [0.15, 0.2) is 0 Å². The molecule has 0 aromatic heterocycles. The van der Waals surface area contributed by atoms with Crippen LogP contribution in [0.5, 0.6) is 5.75 Å². The van der Waals surface area contributed by atoms with Crippen molar-refractivity contribution in [2.24, 2.45) is 23.2 Å². The summed E-state index contributed by atoms with van der Waals surface area (Å²) in [5.74, 6) is 2.06. The van der Waals surface area contributed by atoms with Gasteiger partial charge in [-0.1, -0.05) is 18.2 Å². The molecule has 1 aromatic rings. The number of ether oxygens (including phenoxy) is 2. The first-order valence-corrected chi connectivity index (χ1v) is 14.2. The molecule has 0 saturated heterocycles. The Morgan fingerprint density at radius 1 is 1.13 bits per heavy atom. The quantitative estimate of drug-likeness (QED) is 0.458. The average molecular weight is 525 g/mol. The van der Waals surface area contributed by atoms with Crippen LogP contribution in [0.2, 0.25) is 0 Å². The second-order valence-electron chi connectivity index (χ2n) is 12.4. The number of para-hydroxylation sites is 1. The smallest absolute Gasteiger partial charge is 0.247 e. The van der Waals surface area contributed by atoms with E-state index in [4.69, 9.17) is 9.47 Å². The monoisotopic (exact) mass is 524 g/mol. The number of fused-ring (bicyclic) bond motifs is 3. The van der Waals surface area contributed by atoms with E-state index in [1.54, 1.807) is 13.2 Å². The fourth-order valence-electron chi connectivity index (χ4n) is 8.73. The van der Waals surface area contributed by atoms with Gasteiger partial charge in [0.25, 0.3) is 0 Å². The number of methoxy groups -OCH3 is 1. The molecular formula is C30H40N2O6. The molecule has 5 aliphatic carbocycles. The lowest BCUT2D eigenvalue weighted by Gasteiger charge is -2.58. The molecule has 206 valence electrons. The van der Waals surface area contributed by atoms with Gasteiger partial charge in [-0.05, 0) is 73.8 Å². The SMILES string of the molecule is COCCC(=O)N(CC12CC3CC(CC(C3)C1)C2)[C@@H]1C=C(C(=O)NCCO)[C@@H]2c3ccccc3O[C@@H]2[C@H]1O. The summed E-state index contributed by atoms with van der Waals surface area (Å²) in [5.41, 5.74) is 1.42. The predicted molar refractivity (Wildman–Crippen MR) is 140 cm³/mol. The van der Waals surface area contributed by atoms with Crippen LogP contribution in [0.3, 0.4) is 0 Å². The summed E-state index contributed by atoms with van der Waals surface area (Å²) in [7, 11) is 1.59. The minimum atomic E-state index is -0.984. The molecule has 2 amide bonds. The maximum atomic E-state index is 13.8. The number of benzene rings is 1. The molecule has 4 saturated carbocycles. The Morgan fingerprint density at radius 2 is 1.82 bits per heavy atom. The van der Waals surface area contributed by atoms with Gasteiger partial charge >= 0.3 is 0 Å². The van der Waals surface area contributed by atoms with Crippen molar-refractivity contribution in [3.05, 3.63) is 41.5 Å². The van der Waals surface area contributed by atoms with E-state index in [1.165, 1.54) is 19.3 Å². The lowest BCUT2D eigenvalue weighted by atomic mass is 9.49. The van der Waals surface area contributed by atoms with Gasteiger partial charge in [0.1, 0.15) is 18.0 Å². The van der Waals surface area contributed by atoms with Crippen molar-refractivity contribution in [3.8, 4) is 5.75 Å². The van der Waals surface area contributed by atoms with Gasteiger partial charge in [-0.3, -0.25) is 9.59 Å².